The van der Waals surface area contributed by atoms with Crippen molar-refractivity contribution in [3.05, 3.63) is 36.5 Å². The molecule has 110 valence electrons. The summed E-state index contributed by atoms with van der Waals surface area (Å²) in [4.78, 5) is 16.2. The van der Waals surface area contributed by atoms with Crippen LogP contribution in [-0.2, 0) is 0 Å². The molecule has 21 heavy (non-hydrogen) atoms. The second kappa shape index (κ2) is 5.90. The molecule has 0 radical (unpaired) electrons. The summed E-state index contributed by atoms with van der Waals surface area (Å²) >= 11 is 0. The van der Waals surface area contributed by atoms with E-state index in [0.717, 1.165) is 18.9 Å². The van der Waals surface area contributed by atoms with Crippen LogP contribution in [0, 0.1) is 5.82 Å². The molecule has 0 atom stereocenters. The van der Waals surface area contributed by atoms with Crippen molar-refractivity contribution in [2.75, 3.05) is 43.1 Å². The fraction of sp³-hybridized carbons (Fsp3) is 0.357. The van der Waals surface area contributed by atoms with E-state index in [9.17, 15) is 4.39 Å². The van der Waals surface area contributed by atoms with Gasteiger partial charge in [0.05, 0.1) is 13.3 Å². The summed E-state index contributed by atoms with van der Waals surface area (Å²) in [5.41, 5.74) is 0. The van der Waals surface area contributed by atoms with Gasteiger partial charge in [-0.1, -0.05) is 6.07 Å². The molecule has 0 saturated carbocycles. The van der Waals surface area contributed by atoms with E-state index in [-0.39, 0.29) is 5.82 Å². The zero-order valence-electron chi connectivity index (χ0n) is 11.7. The van der Waals surface area contributed by atoms with Gasteiger partial charge in [0, 0.05) is 32.2 Å². The number of ether oxygens (including phenoxy) is 1. The van der Waals surface area contributed by atoms with Crippen LogP contribution in [-0.4, -0.2) is 48.2 Å². The molecule has 0 aromatic carbocycles. The van der Waals surface area contributed by atoms with Crippen LogP contribution in [0.4, 0.5) is 16.0 Å². The van der Waals surface area contributed by atoms with Crippen LogP contribution >= 0.6 is 0 Å². The number of rotatable bonds is 3. The molecule has 0 spiro atoms. The number of hydrogen-bond donors (Lipinski definition) is 0. The Morgan fingerprint density at radius 2 is 1.90 bits per heavy atom. The Kier molecular flexibility index (Phi) is 3.81. The van der Waals surface area contributed by atoms with Crippen LogP contribution in [0.5, 0.6) is 5.88 Å². The normalized spacial score (nSPS) is 15.1. The predicted molar refractivity (Wildman–Crippen MR) is 77.2 cm³/mol. The zero-order chi connectivity index (χ0) is 14.7. The highest BCUT2D eigenvalue weighted by molar-refractivity contribution is 5.45. The number of halogens is 1. The lowest BCUT2D eigenvalue weighted by Gasteiger charge is -2.36. The quantitative estimate of drug-likeness (QED) is 0.850. The van der Waals surface area contributed by atoms with E-state index in [1.54, 1.807) is 7.11 Å². The highest BCUT2D eigenvalue weighted by Crippen LogP contribution is 2.20. The lowest BCUT2D eigenvalue weighted by atomic mass is 10.3. The molecular weight excluding hydrogens is 273 g/mol. The summed E-state index contributed by atoms with van der Waals surface area (Å²) in [6.45, 7) is 2.88. The molecule has 2 aromatic heterocycles. The highest BCUT2D eigenvalue weighted by Gasteiger charge is 2.21. The fourth-order valence-corrected chi connectivity index (χ4v) is 2.38. The van der Waals surface area contributed by atoms with Gasteiger partial charge in [-0.3, -0.25) is 0 Å². The Morgan fingerprint density at radius 3 is 2.62 bits per heavy atom. The molecule has 0 amide bonds. The van der Waals surface area contributed by atoms with E-state index in [0.29, 0.717) is 24.8 Å². The smallest absolute Gasteiger partial charge is 0.214 e. The van der Waals surface area contributed by atoms with E-state index < -0.39 is 0 Å². The largest absolute Gasteiger partial charge is 0.481 e. The number of piperazine rings is 1. The summed E-state index contributed by atoms with van der Waals surface area (Å²) in [5.74, 6) is 1.45. The van der Waals surface area contributed by atoms with Gasteiger partial charge in [0.1, 0.15) is 12.1 Å². The maximum absolute atomic E-state index is 13.7. The molecule has 1 fully saturated rings. The number of methoxy groups -OCH3 is 1. The first-order valence-electron chi connectivity index (χ1n) is 6.74. The molecule has 0 bridgehead atoms. The highest BCUT2D eigenvalue weighted by atomic mass is 19.1. The molecule has 1 saturated heterocycles. The Labute approximate surface area is 122 Å². The third-order valence-electron chi connectivity index (χ3n) is 3.47. The van der Waals surface area contributed by atoms with Crippen molar-refractivity contribution >= 4 is 11.6 Å². The van der Waals surface area contributed by atoms with Crippen LogP contribution in [0.15, 0.2) is 30.7 Å². The minimum atomic E-state index is -0.384. The minimum absolute atomic E-state index is 0.364. The summed E-state index contributed by atoms with van der Waals surface area (Å²) in [6, 6.07) is 5.68. The van der Waals surface area contributed by atoms with Crippen molar-refractivity contribution in [1.82, 2.24) is 15.0 Å². The first kappa shape index (κ1) is 13.5. The number of aromatic nitrogens is 3. The average molecular weight is 289 g/mol. The molecule has 0 unspecified atom stereocenters. The standard InChI is InChI=1S/C14H16FN5O/c1-21-13-4-2-3-12(18-13)19-5-7-20(8-6-19)14-11(15)9-16-10-17-14/h2-4,9-10H,5-8H2,1H3. The van der Waals surface area contributed by atoms with Gasteiger partial charge in [0.2, 0.25) is 5.88 Å². The third-order valence-corrected chi connectivity index (χ3v) is 3.47. The van der Waals surface area contributed by atoms with Gasteiger partial charge in [-0.25, -0.2) is 14.4 Å². The van der Waals surface area contributed by atoms with Crippen LogP contribution < -0.4 is 14.5 Å². The predicted octanol–water partition coefficient (Wildman–Crippen LogP) is 1.35. The topological polar surface area (TPSA) is 54.4 Å². The molecular formula is C14H16FN5O. The van der Waals surface area contributed by atoms with Gasteiger partial charge in [0.25, 0.3) is 0 Å². The van der Waals surface area contributed by atoms with Crippen molar-refractivity contribution in [2.45, 2.75) is 0 Å². The van der Waals surface area contributed by atoms with Gasteiger partial charge >= 0.3 is 0 Å². The number of pyridine rings is 1. The summed E-state index contributed by atoms with van der Waals surface area (Å²) in [5, 5.41) is 0. The van der Waals surface area contributed by atoms with E-state index >= 15 is 0 Å². The second-order valence-corrected chi connectivity index (χ2v) is 4.71. The van der Waals surface area contributed by atoms with Crippen LogP contribution in [0.2, 0.25) is 0 Å². The molecule has 2 aromatic rings. The second-order valence-electron chi connectivity index (χ2n) is 4.71. The van der Waals surface area contributed by atoms with Crippen LogP contribution in [0.25, 0.3) is 0 Å². The van der Waals surface area contributed by atoms with Gasteiger partial charge in [-0.15, -0.1) is 0 Å². The number of anilines is 2. The maximum Gasteiger partial charge on any atom is 0.214 e. The Balaban J connectivity index is 1.69. The molecule has 1 aliphatic rings. The Hall–Kier alpha value is -2.44. The SMILES string of the molecule is COc1cccc(N2CCN(c3ncncc3F)CC2)n1. The Bertz CT molecular complexity index is 616. The Morgan fingerprint density at radius 1 is 1.14 bits per heavy atom. The first-order chi connectivity index (χ1) is 10.3. The maximum atomic E-state index is 13.7. The molecule has 3 heterocycles. The zero-order valence-corrected chi connectivity index (χ0v) is 11.7. The molecule has 7 heteroatoms. The summed E-state index contributed by atoms with van der Waals surface area (Å²) in [7, 11) is 1.60. The van der Waals surface area contributed by atoms with E-state index in [1.807, 2.05) is 23.1 Å². The monoisotopic (exact) mass is 289 g/mol. The number of hydrogen-bond acceptors (Lipinski definition) is 6. The first-order valence-corrected chi connectivity index (χ1v) is 6.74. The van der Waals surface area contributed by atoms with Crippen LogP contribution in [0.3, 0.4) is 0 Å². The van der Waals surface area contributed by atoms with Crippen molar-refractivity contribution < 1.29 is 9.13 Å². The van der Waals surface area contributed by atoms with Gasteiger partial charge < -0.3 is 14.5 Å². The molecule has 3 rings (SSSR count). The molecule has 0 N–H and O–H groups in total. The lowest BCUT2D eigenvalue weighted by molar-refractivity contribution is 0.397. The minimum Gasteiger partial charge on any atom is -0.481 e. The molecule has 6 nitrogen and oxygen atoms in total. The van der Waals surface area contributed by atoms with Crippen molar-refractivity contribution in [3.63, 3.8) is 0 Å². The van der Waals surface area contributed by atoms with E-state index in [2.05, 4.69) is 19.9 Å². The fourth-order valence-electron chi connectivity index (χ4n) is 2.38. The summed E-state index contributed by atoms with van der Waals surface area (Å²) < 4.78 is 18.8. The summed E-state index contributed by atoms with van der Waals surface area (Å²) in [6.07, 6.45) is 2.56. The molecule has 1 aliphatic heterocycles. The lowest BCUT2D eigenvalue weighted by Crippen LogP contribution is -2.47. The van der Waals surface area contributed by atoms with Gasteiger partial charge in [-0.05, 0) is 6.07 Å². The van der Waals surface area contributed by atoms with Crippen LogP contribution in [0.1, 0.15) is 0 Å². The van der Waals surface area contributed by atoms with Crippen molar-refractivity contribution in [3.8, 4) is 5.88 Å². The van der Waals surface area contributed by atoms with E-state index in [1.165, 1.54) is 12.5 Å². The van der Waals surface area contributed by atoms with Crippen molar-refractivity contribution in [2.24, 2.45) is 0 Å². The van der Waals surface area contributed by atoms with Crippen molar-refractivity contribution in [1.29, 1.82) is 0 Å². The average Bonchev–Trinajstić information content (AvgIpc) is 2.56. The van der Waals surface area contributed by atoms with Gasteiger partial charge in [0.15, 0.2) is 11.6 Å². The molecule has 0 aliphatic carbocycles. The van der Waals surface area contributed by atoms with E-state index in [4.69, 9.17) is 4.74 Å². The number of nitrogens with zero attached hydrogens (tertiary/aromatic N) is 5. The van der Waals surface area contributed by atoms with Gasteiger partial charge in [-0.2, -0.15) is 4.98 Å². The third kappa shape index (κ3) is 2.86.